The van der Waals surface area contributed by atoms with Crippen LogP contribution in [0.25, 0.3) is 11.3 Å². The van der Waals surface area contributed by atoms with Crippen LogP contribution in [0.4, 0.5) is 17.3 Å². The molecule has 41 heavy (non-hydrogen) atoms. The highest BCUT2D eigenvalue weighted by atomic mass is 16.5. The number of fused-ring (bicyclic) bond motifs is 7. The second-order valence-electron chi connectivity index (χ2n) is 10.4. The molecule has 6 bridgehead atoms. The van der Waals surface area contributed by atoms with E-state index in [9.17, 15) is 4.79 Å². The molecule has 9 heteroatoms. The molecule has 214 valence electrons. The molecule has 1 amide bonds. The van der Waals surface area contributed by atoms with Crippen molar-refractivity contribution < 1.29 is 14.3 Å². The molecule has 1 N–H and O–H groups in total. The lowest BCUT2D eigenvalue weighted by molar-refractivity contribution is -0.132. The molecular weight excluding hydrogens is 516 g/mol. The topological polar surface area (TPSA) is 83.1 Å². The first-order valence-corrected chi connectivity index (χ1v) is 14.0. The Morgan fingerprint density at radius 3 is 2.88 bits per heavy atom. The van der Waals surface area contributed by atoms with Crippen molar-refractivity contribution in [2.45, 2.75) is 19.1 Å². The molecule has 3 heterocycles. The zero-order valence-corrected chi connectivity index (χ0v) is 23.8. The van der Waals surface area contributed by atoms with E-state index in [4.69, 9.17) is 14.5 Å². The van der Waals surface area contributed by atoms with Gasteiger partial charge in [-0.05, 0) is 61.5 Å². The van der Waals surface area contributed by atoms with Gasteiger partial charge in [0.2, 0.25) is 11.9 Å². The van der Waals surface area contributed by atoms with Crippen LogP contribution in [0.15, 0.2) is 79.5 Å². The van der Waals surface area contributed by atoms with Gasteiger partial charge in [-0.15, -0.1) is 0 Å². The van der Waals surface area contributed by atoms with Crippen molar-refractivity contribution >= 4 is 23.2 Å². The molecule has 5 rings (SSSR count). The van der Waals surface area contributed by atoms with E-state index in [-0.39, 0.29) is 5.91 Å². The first kappa shape index (κ1) is 28.3. The molecule has 2 aliphatic heterocycles. The molecule has 1 fully saturated rings. The van der Waals surface area contributed by atoms with Crippen molar-refractivity contribution in [3.8, 4) is 17.0 Å². The van der Waals surface area contributed by atoms with E-state index < -0.39 is 0 Å². The molecule has 2 aliphatic rings. The molecule has 1 aromatic heterocycles. The van der Waals surface area contributed by atoms with Crippen LogP contribution in [0, 0.1) is 0 Å². The van der Waals surface area contributed by atoms with Crippen molar-refractivity contribution in [1.82, 2.24) is 19.8 Å². The third-order valence-corrected chi connectivity index (χ3v) is 7.42. The van der Waals surface area contributed by atoms with Gasteiger partial charge in [0.15, 0.2) is 0 Å². The summed E-state index contributed by atoms with van der Waals surface area (Å²) in [6.07, 6.45) is 8.08. The lowest BCUT2D eigenvalue weighted by Gasteiger charge is -2.44. The second-order valence-corrected chi connectivity index (χ2v) is 10.4. The molecule has 2 aromatic carbocycles. The van der Waals surface area contributed by atoms with Crippen LogP contribution in [0.2, 0.25) is 0 Å². The Hall–Kier alpha value is -4.21. The largest absolute Gasteiger partial charge is 0.493 e. The van der Waals surface area contributed by atoms with Crippen LogP contribution in [0.3, 0.4) is 0 Å². The molecule has 9 nitrogen and oxygen atoms in total. The molecule has 0 aliphatic carbocycles. The van der Waals surface area contributed by atoms with E-state index in [1.54, 1.807) is 6.20 Å². The number of ether oxygens (including phenoxy) is 2. The Kier molecular flexibility index (Phi) is 9.28. The molecule has 0 saturated carbocycles. The fraction of sp³-hybridized carbons (Fsp3) is 0.344. The van der Waals surface area contributed by atoms with Gasteiger partial charge in [-0.2, -0.15) is 0 Å². The van der Waals surface area contributed by atoms with Gasteiger partial charge in [-0.3, -0.25) is 9.69 Å². The van der Waals surface area contributed by atoms with Crippen molar-refractivity contribution in [3.05, 3.63) is 85.1 Å². The van der Waals surface area contributed by atoms with Crippen molar-refractivity contribution in [1.29, 1.82) is 0 Å². The van der Waals surface area contributed by atoms with E-state index in [1.165, 1.54) is 6.08 Å². The number of benzene rings is 2. The number of likely N-dealkylation sites (tertiary alicyclic amines) is 1. The molecule has 1 saturated heterocycles. The summed E-state index contributed by atoms with van der Waals surface area (Å²) in [5.74, 6) is 1.33. The Morgan fingerprint density at radius 2 is 2.02 bits per heavy atom. The van der Waals surface area contributed by atoms with Crippen LogP contribution in [0.5, 0.6) is 5.75 Å². The van der Waals surface area contributed by atoms with Gasteiger partial charge >= 0.3 is 0 Å². The number of carbonyl (C=O) groups is 1. The lowest BCUT2D eigenvalue weighted by Crippen LogP contribution is -2.60. The van der Waals surface area contributed by atoms with Gasteiger partial charge in [0.05, 0.1) is 25.5 Å². The first-order chi connectivity index (χ1) is 20.0. The molecule has 0 spiro atoms. The maximum absolute atomic E-state index is 11.8. The summed E-state index contributed by atoms with van der Waals surface area (Å²) >= 11 is 0. The SMILES string of the molecule is C=CC(=O)N1CC(N(C)CCN(C)c2cc3cc(c2)Nc2nccc(n2)-c2cccc(c2)OCC/C=C/COC3)C1. The van der Waals surface area contributed by atoms with Crippen molar-refractivity contribution in [2.24, 2.45) is 0 Å². The van der Waals surface area contributed by atoms with E-state index in [1.807, 2.05) is 41.3 Å². The van der Waals surface area contributed by atoms with E-state index in [0.29, 0.717) is 31.8 Å². The van der Waals surface area contributed by atoms with Gasteiger partial charge in [0.1, 0.15) is 5.75 Å². The number of anilines is 3. The summed E-state index contributed by atoms with van der Waals surface area (Å²) in [6.45, 7) is 8.39. The summed E-state index contributed by atoms with van der Waals surface area (Å²) in [4.78, 5) is 27.4. The van der Waals surface area contributed by atoms with Crippen LogP contribution in [-0.2, 0) is 16.1 Å². The highest BCUT2D eigenvalue weighted by Gasteiger charge is 2.31. The molecule has 0 atom stereocenters. The number of aromatic nitrogens is 2. The van der Waals surface area contributed by atoms with Crippen molar-refractivity contribution in [3.63, 3.8) is 0 Å². The Labute approximate surface area is 242 Å². The number of nitrogens with zero attached hydrogens (tertiary/aromatic N) is 5. The minimum Gasteiger partial charge on any atom is -0.493 e. The van der Waals surface area contributed by atoms with E-state index in [0.717, 1.165) is 66.5 Å². The zero-order valence-electron chi connectivity index (χ0n) is 23.8. The summed E-state index contributed by atoms with van der Waals surface area (Å²) in [6, 6.07) is 16.6. The second kappa shape index (κ2) is 13.4. The predicted molar refractivity (Wildman–Crippen MR) is 163 cm³/mol. The number of amides is 1. The standard InChI is InChI=1S/C32H38N6O3/c1-4-31(39)38-21-28(22-38)37(3)14-13-36(2)27-18-24-17-26(20-27)34-32-33-12-11-30(35-32)25-9-8-10-29(19-25)41-16-7-5-6-15-40-23-24/h4-6,8-12,17-20,28H,1,7,13-16,21-23H2,2-3H3,(H,33,34,35)/b6-5+. The summed E-state index contributed by atoms with van der Waals surface area (Å²) < 4.78 is 11.9. The summed E-state index contributed by atoms with van der Waals surface area (Å²) in [5.41, 5.74) is 4.82. The third-order valence-electron chi connectivity index (χ3n) is 7.42. The number of rotatable bonds is 6. The maximum Gasteiger partial charge on any atom is 0.246 e. The fourth-order valence-corrected chi connectivity index (χ4v) is 4.84. The lowest BCUT2D eigenvalue weighted by atomic mass is 10.1. The Bertz CT molecular complexity index is 1390. The van der Waals surface area contributed by atoms with Gasteiger partial charge in [0, 0.05) is 62.4 Å². The van der Waals surface area contributed by atoms with Crippen LogP contribution in [-0.4, -0.2) is 85.2 Å². The quantitative estimate of drug-likeness (QED) is 0.352. The van der Waals surface area contributed by atoms with Crippen LogP contribution >= 0.6 is 0 Å². The highest BCUT2D eigenvalue weighted by Crippen LogP contribution is 2.27. The van der Waals surface area contributed by atoms with Gasteiger partial charge in [-0.25, -0.2) is 9.97 Å². The smallest absolute Gasteiger partial charge is 0.246 e. The molecule has 0 radical (unpaired) electrons. The van der Waals surface area contributed by atoms with E-state index >= 15 is 0 Å². The van der Waals surface area contributed by atoms with Gasteiger partial charge < -0.3 is 24.6 Å². The average molecular weight is 555 g/mol. The summed E-state index contributed by atoms with van der Waals surface area (Å²) in [7, 11) is 4.21. The Balaban J connectivity index is 1.32. The van der Waals surface area contributed by atoms with Crippen LogP contribution < -0.4 is 15.0 Å². The third kappa shape index (κ3) is 7.50. The van der Waals surface area contributed by atoms with Gasteiger partial charge in [0.25, 0.3) is 0 Å². The number of hydrogen-bond acceptors (Lipinski definition) is 8. The fourth-order valence-electron chi connectivity index (χ4n) is 4.84. The van der Waals surface area contributed by atoms with Crippen molar-refractivity contribution in [2.75, 3.05) is 63.7 Å². The normalized spacial score (nSPS) is 16.4. The van der Waals surface area contributed by atoms with Crippen LogP contribution in [0.1, 0.15) is 12.0 Å². The zero-order chi connectivity index (χ0) is 28.6. The van der Waals surface area contributed by atoms with Gasteiger partial charge in [-0.1, -0.05) is 30.9 Å². The minimum atomic E-state index is 0.00148. The molecule has 0 unspecified atom stereocenters. The Morgan fingerprint density at radius 1 is 1.15 bits per heavy atom. The minimum absolute atomic E-state index is 0.00148. The first-order valence-electron chi connectivity index (χ1n) is 14.0. The number of carbonyl (C=O) groups excluding carboxylic acids is 1. The number of hydrogen-bond donors (Lipinski definition) is 1. The van der Waals surface area contributed by atoms with E-state index in [2.05, 4.69) is 65.0 Å². The molecular formula is C32H38N6O3. The molecule has 3 aromatic rings. The predicted octanol–water partition coefficient (Wildman–Crippen LogP) is 4.51. The maximum atomic E-state index is 11.8. The highest BCUT2D eigenvalue weighted by molar-refractivity contribution is 5.87. The summed E-state index contributed by atoms with van der Waals surface area (Å²) in [5, 5.41) is 3.41. The number of nitrogens with one attached hydrogen (secondary N) is 1. The monoisotopic (exact) mass is 554 g/mol. The number of likely N-dealkylation sites (N-methyl/N-ethyl adjacent to an activating group) is 2. The average Bonchev–Trinajstić information content (AvgIpc) is 2.96.